The third-order valence-corrected chi connectivity index (χ3v) is 5.52. The van der Waals surface area contributed by atoms with Crippen LogP contribution in [0.25, 0.3) is 0 Å². The van der Waals surface area contributed by atoms with Gasteiger partial charge in [-0.2, -0.15) is 0 Å². The summed E-state index contributed by atoms with van der Waals surface area (Å²) in [5.41, 5.74) is -1.21. The summed E-state index contributed by atoms with van der Waals surface area (Å²) < 4.78 is 32.7. The van der Waals surface area contributed by atoms with E-state index in [0.29, 0.717) is 11.1 Å². The van der Waals surface area contributed by atoms with Gasteiger partial charge in [-0.15, -0.1) is 0 Å². The largest absolute Gasteiger partial charge is 0.444 e. The van der Waals surface area contributed by atoms with Crippen LogP contribution in [0.1, 0.15) is 44.9 Å². The molecule has 8 heteroatoms. The molecule has 0 saturated carbocycles. The highest BCUT2D eigenvalue weighted by Gasteiger charge is 2.48. The van der Waals surface area contributed by atoms with E-state index in [0.717, 1.165) is 0 Å². The molecule has 2 aromatic rings. The Hall–Kier alpha value is -2.55. The summed E-state index contributed by atoms with van der Waals surface area (Å²) in [5.74, 6) is -0.820. The lowest BCUT2D eigenvalue weighted by atomic mass is 9.92. The Bertz CT molecular complexity index is 885. The number of aliphatic hydroxyl groups excluding tert-OH is 1. The van der Waals surface area contributed by atoms with Gasteiger partial charge in [0.25, 0.3) is 0 Å². The van der Waals surface area contributed by atoms with Crippen molar-refractivity contribution in [3.05, 3.63) is 71.3 Å². The second-order valence-electron chi connectivity index (χ2n) is 9.26. The summed E-state index contributed by atoms with van der Waals surface area (Å²) >= 11 is 0. The Morgan fingerprint density at radius 3 is 1.97 bits per heavy atom. The molecule has 0 unspecified atom stereocenters. The zero-order valence-corrected chi connectivity index (χ0v) is 18.8. The summed E-state index contributed by atoms with van der Waals surface area (Å²) in [4.78, 5) is 15.8. The summed E-state index contributed by atoms with van der Waals surface area (Å²) in [6, 6.07) is 10.6. The number of aliphatic hydroxyl groups is 2. The number of β-amino-alcohol motifs (C(OH)–C–C–N with tert-alkyl or cyclic N) is 1. The van der Waals surface area contributed by atoms with Gasteiger partial charge in [-0.3, -0.25) is 9.80 Å². The normalized spacial score (nSPS) is 22.3. The number of benzene rings is 2. The Kier molecular flexibility index (Phi) is 6.88. The first kappa shape index (κ1) is 24.1. The fourth-order valence-corrected chi connectivity index (χ4v) is 3.97. The average molecular weight is 449 g/mol. The predicted molar refractivity (Wildman–Crippen MR) is 116 cm³/mol. The van der Waals surface area contributed by atoms with E-state index in [1.807, 2.05) is 6.92 Å². The summed E-state index contributed by atoms with van der Waals surface area (Å²) in [5, 5.41) is 21.6. The second-order valence-corrected chi connectivity index (χ2v) is 9.26. The van der Waals surface area contributed by atoms with E-state index in [2.05, 4.69) is 0 Å². The Morgan fingerprint density at radius 2 is 1.56 bits per heavy atom. The molecule has 0 aromatic heterocycles. The molecule has 0 aliphatic carbocycles. The first-order valence-corrected chi connectivity index (χ1v) is 10.5. The number of hydrogen-bond donors (Lipinski definition) is 2. The van der Waals surface area contributed by atoms with E-state index in [1.165, 1.54) is 29.2 Å². The fourth-order valence-electron chi connectivity index (χ4n) is 3.97. The molecule has 2 aromatic carbocycles. The molecule has 2 N–H and O–H groups in total. The van der Waals surface area contributed by atoms with Crippen molar-refractivity contribution in [2.75, 3.05) is 19.7 Å². The van der Waals surface area contributed by atoms with Crippen molar-refractivity contribution in [2.24, 2.45) is 0 Å². The number of halogens is 2. The van der Waals surface area contributed by atoms with Crippen LogP contribution in [0.4, 0.5) is 13.6 Å². The maximum absolute atomic E-state index is 13.6. The van der Waals surface area contributed by atoms with Gasteiger partial charge in [0.2, 0.25) is 0 Å². The molecule has 2 atom stereocenters. The van der Waals surface area contributed by atoms with Gasteiger partial charge in [0.15, 0.2) is 5.72 Å². The molecular formula is C24H30F2N2O4. The van der Waals surface area contributed by atoms with Gasteiger partial charge >= 0.3 is 6.09 Å². The van der Waals surface area contributed by atoms with E-state index < -0.39 is 41.7 Å². The van der Waals surface area contributed by atoms with Crippen molar-refractivity contribution in [1.29, 1.82) is 0 Å². The highest BCUT2D eigenvalue weighted by molar-refractivity contribution is 5.69. The van der Waals surface area contributed by atoms with Crippen LogP contribution in [0.2, 0.25) is 0 Å². The quantitative estimate of drug-likeness (QED) is 0.747. The number of amides is 1. The number of hydrogen-bond acceptors (Lipinski definition) is 5. The van der Waals surface area contributed by atoms with Crippen LogP contribution in [0, 0.1) is 11.6 Å². The molecule has 6 nitrogen and oxygen atoms in total. The summed E-state index contributed by atoms with van der Waals surface area (Å²) in [7, 11) is 0. The SMILES string of the molecule is C[C@H]1CN(C(c2ccc(F)cc2)c2ccc(F)cc2)[C@@](O)(CO)CN1C(=O)OC(C)(C)C. The zero-order chi connectivity index (χ0) is 23.7. The number of carbonyl (C=O) groups is 1. The van der Waals surface area contributed by atoms with Crippen molar-refractivity contribution < 1.29 is 28.5 Å². The predicted octanol–water partition coefficient (Wildman–Crippen LogP) is 3.68. The molecule has 3 rings (SSSR count). The molecule has 0 bridgehead atoms. The van der Waals surface area contributed by atoms with Crippen molar-refractivity contribution >= 4 is 6.09 Å². The molecule has 174 valence electrons. The summed E-state index contributed by atoms with van der Waals surface area (Å²) in [6.07, 6.45) is -0.586. The molecule has 1 heterocycles. The van der Waals surface area contributed by atoms with Crippen LogP contribution in [0.3, 0.4) is 0 Å². The monoisotopic (exact) mass is 448 g/mol. The molecular weight excluding hydrogens is 418 g/mol. The number of carbonyl (C=O) groups excluding carboxylic acids is 1. The lowest BCUT2D eigenvalue weighted by Crippen LogP contribution is -2.68. The number of ether oxygens (including phenoxy) is 1. The van der Waals surface area contributed by atoms with Crippen LogP contribution < -0.4 is 0 Å². The molecule has 1 saturated heterocycles. The van der Waals surface area contributed by atoms with Crippen LogP contribution >= 0.6 is 0 Å². The standard InChI is InChI=1S/C24H30F2N2O4/c1-16-13-28(24(31,15-29)14-27(16)22(30)32-23(2,3)4)21(17-5-9-19(25)10-6-17)18-7-11-20(26)12-8-18/h5-12,16,21,29,31H,13-15H2,1-4H3/t16-,24-/m0/s1. The molecule has 32 heavy (non-hydrogen) atoms. The first-order chi connectivity index (χ1) is 14.9. The van der Waals surface area contributed by atoms with Gasteiger partial charge in [0, 0.05) is 12.6 Å². The number of piperazine rings is 1. The van der Waals surface area contributed by atoms with E-state index in [4.69, 9.17) is 4.74 Å². The van der Waals surface area contributed by atoms with Crippen LogP contribution in [0.5, 0.6) is 0 Å². The number of rotatable bonds is 4. The lowest BCUT2D eigenvalue weighted by Gasteiger charge is -2.52. The minimum atomic E-state index is -1.81. The third kappa shape index (κ3) is 5.26. The second kappa shape index (κ2) is 9.13. The number of nitrogens with zero attached hydrogens (tertiary/aromatic N) is 2. The van der Waals surface area contributed by atoms with Crippen molar-refractivity contribution in [1.82, 2.24) is 9.80 Å². The average Bonchev–Trinajstić information content (AvgIpc) is 2.72. The Morgan fingerprint density at radius 1 is 1.09 bits per heavy atom. The fraction of sp³-hybridized carbons (Fsp3) is 0.458. The minimum absolute atomic E-state index is 0.190. The third-order valence-electron chi connectivity index (χ3n) is 5.52. The summed E-state index contributed by atoms with van der Waals surface area (Å²) in [6.45, 7) is 6.42. The van der Waals surface area contributed by atoms with Crippen LogP contribution in [-0.2, 0) is 4.74 Å². The molecule has 1 fully saturated rings. The molecule has 0 spiro atoms. The molecule has 1 aliphatic rings. The highest BCUT2D eigenvalue weighted by Crippen LogP contribution is 2.37. The van der Waals surface area contributed by atoms with E-state index in [9.17, 15) is 23.8 Å². The van der Waals surface area contributed by atoms with Crippen LogP contribution in [-0.4, -0.2) is 63.2 Å². The van der Waals surface area contributed by atoms with Crippen molar-refractivity contribution in [2.45, 2.75) is 51.1 Å². The van der Waals surface area contributed by atoms with Gasteiger partial charge in [-0.05, 0) is 63.1 Å². The van der Waals surface area contributed by atoms with Gasteiger partial charge < -0.3 is 14.9 Å². The zero-order valence-electron chi connectivity index (χ0n) is 18.8. The smallest absolute Gasteiger partial charge is 0.410 e. The minimum Gasteiger partial charge on any atom is -0.444 e. The van der Waals surface area contributed by atoms with Gasteiger partial charge in [0.1, 0.15) is 17.2 Å². The van der Waals surface area contributed by atoms with E-state index in [1.54, 1.807) is 49.9 Å². The van der Waals surface area contributed by atoms with Gasteiger partial charge in [-0.1, -0.05) is 24.3 Å². The van der Waals surface area contributed by atoms with E-state index >= 15 is 0 Å². The van der Waals surface area contributed by atoms with Crippen molar-refractivity contribution in [3.8, 4) is 0 Å². The van der Waals surface area contributed by atoms with Crippen molar-refractivity contribution in [3.63, 3.8) is 0 Å². The maximum atomic E-state index is 13.6. The lowest BCUT2D eigenvalue weighted by molar-refractivity contribution is -0.193. The molecule has 1 aliphatic heterocycles. The molecule has 0 radical (unpaired) electrons. The van der Waals surface area contributed by atoms with Crippen LogP contribution in [0.15, 0.2) is 48.5 Å². The Labute approximate surface area is 187 Å². The van der Waals surface area contributed by atoms with Gasteiger partial charge in [-0.25, -0.2) is 13.6 Å². The maximum Gasteiger partial charge on any atom is 0.410 e. The molecule has 1 amide bonds. The first-order valence-electron chi connectivity index (χ1n) is 10.5. The highest BCUT2D eigenvalue weighted by atomic mass is 19.1. The van der Waals surface area contributed by atoms with Gasteiger partial charge in [0.05, 0.1) is 19.2 Å². The van der Waals surface area contributed by atoms with E-state index in [-0.39, 0.29) is 19.1 Å². The topological polar surface area (TPSA) is 73.2 Å². The Balaban J connectivity index is 2.01.